The summed E-state index contributed by atoms with van der Waals surface area (Å²) in [6.07, 6.45) is 0. The minimum absolute atomic E-state index is 0.456. The zero-order valence-electron chi connectivity index (χ0n) is 16.0. The lowest BCUT2D eigenvalue weighted by molar-refractivity contribution is 0.287. The number of hydrogen-bond acceptors (Lipinski definition) is 7. The molecule has 0 aromatic heterocycles. The molecule has 0 saturated carbocycles. The second-order valence-electron chi connectivity index (χ2n) is 5.72. The van der Waals surface area contributed by atoms with Crippen molar-refractivity contribution in [3.8, 4) is 5.75 Å². The third-order valence-corrected chi connectivity index (χ3v) is 5.92. The second-order valence-corrected chi connectivity index (χ2v) is 7.92. The average Bonchev–Trinajstić information content (AvgIpc) is 2.73. The molecular weight excluding hydrogens is 365 g/mol. The number of benzene rings is 2. The van der Waals surface area contributed by atoms with Crippen LogP contribution in [0.4, 0.5) is 11.4 Å². The summed E-state index contributed by atoms with van der Waals surface area (Å²) in [6.45, 7) is 3.09. The van der Waals surface area contributed by atoms with Crippen LogP contribution in [0.15, 0.2) is 48.5 Å². The highest BCUT2D eigenvalue weighted by molar-refractivity contribution is 7.62. The highest BCUT2D eigenvalue weighted by Crippen LogP contribution is 2.47. The van der Waals surface area contributed by atoms with Gasteiger partial charge >= 0.3 is 7.60 Å². The molecule has 0 spiro atoms. The second kappa shape index (κ2) is 10.9. The van der Waals surface area contributed by atoms with Crippen LogP contribution in [-0.2, 0) is 13.6 Å². The van der Waals surface area contributed by atoms with E-state index in [0.29, 0.717) is 23.3 Å². The van der Waals surface area contributed by atoms with E-state index in [9.17, 15) is 4.57 Å². The highest BCUT2D eigenvalue weighted by Gasteiger charge is 2.28. The molecule has 2 aromatic rings. The summed E-state index contributed by atoms with van der Waals surface area (Å²) >= 11 is 0. The molecule has 2 rings (SSSR count). The molecule has 0 amide bonds. The maximum absolute atomic E-state index is 12.8. The van der Waals surface area contributed by atoms with Gasteiger partial charge in [-0.1, -0.05) is 18.2 Å². The fraction of sp³-hybridized carbons (Fsp3) is 0.368. The Labute approximate surface area is 160 Å². The number of ether oxygens (including phenoxy) is 1. The molecule has 27 heavy (non-hydrogen) atoms. The van der Waals surface area contributed by atoms with Gasteiger partial charge in [0.2, 0.25) is 0 Å². The van der Waals surface area contributed by atoms with Crippen LogP contribution in [0.5, 0.6) is 5.75 Å². The highest BCUT2D eigenvalue weighted by atomic mass is 31.2. The van der Waals surface area contributed by atoms with Crippen molar-refractivity contribution in [2.45, 2.75) is 0 Å². The fourth-order valence-corrected chi connectivity index (χ4v) is 3.82. The Balaban J connectivity index is 1.82. The first kappa shape index (κ1) is 21.3. The molecule has 148 valence electrons. The molecule has 0 saturated heterocycles. The number of anilines is 2. The lowest BCUT2D eigenvalue weighted by atomic mass is 10.3. The van der Waals surface area contributed by atoms with Crippen molar-refractivity contribution in [1.82, 2.24) is 5.32 Å². The first-order valence-electron chi connectivity index (χ1n) is 8.76. The SMILES string of the molecule is COc1ccc(NCCNCCNc2ccccc2)c(P(=O)(OC)OC)c1. The molecule has 0 unspecified atom stereocenters. The van der Waals surface area contributed by atoms with Crippen molar-refractivity contribution < 1.29 is 18.3 Å². The Morgan fingerprint density at radius 1 is 0.852 bits per heavy atom. The minimum atomic E-state index is -3.38. The topological polar surface area (TPSA) is 80.9 Å². The van der Waals surface area contributed by atoms with Gasteiger partial charge in [-0.15, -0.1) is 0 Å². The summed E-state index contributed by atoms with van der Waals surface area (Å²) in [4.78, 5) is 0. The molecule has 8 heteroatoms. The van der Waals surface area contributed by atoms with Crippen LogP contribution in [0.2, 0.25) is 0 Å². The lowest BCUT2D eigenvalue weighted by Crippen LogP contribution is -2.28. The van der Waals surface area contributed by atoms with Gasteiger partial charge in [-0.2, -0.15) is 0 Å². The fourth-order valence-electron chi connectivity index (χ4n) is 2.55. The van der Waals surface area contributed by atoms with Gasteiger partial charge in [0.05, 0.1) is 12.4 Å². The largest absolute Gasteiger partial charge is 0.497 e. The van der Waals surface area contributed by atoms with Crippen LogP contribution >= 0.6 is 7.60 Å². The van der Waals surface area contributed by atoms with Gasteiger partial charge < -0.3 is 29.7 Å². The van der Waals surface area contributed by atoms with Gasteiger partial charge in [0, 0.05) is 51.8 Å². The summed E-state index contributed by atoms with van der Waals surface area (Å²) in [6, 6.07) is 15.4. The summed E-state index contributed by atoms with van der Waals surface area (Å²) in [5.74, 6) is 0.593. The van der Waals surface area contributed by atoms with Gasteiger partial charge in [-0.3, -0.25) is 4.57 Å². The van der Waals surface area contributed by atoms with Crippen molar-refractivity contribution in [1.29, 1.82) is 0 Å². The van der Waals surface area contributed by atoms with Gasteiger partial charge in [0.25, 0.3) is 0 Å². The first-order valence-corrected chi connectivity index (χ1v) is 10.3. The standard InChI is InChI=1S/C19H28N3O4P/c1-24-17-9-10-18(19(15-17)27(23,25-2)26-3)22-14-12-20-11-13-21-16-7-5-4-6-8-16/h4-10,15,20-22H,11-14H2,1-3H3. The van der Waals surface area contributed by atoms with E-state index in [2.05, 4.69) is 16.0 Å². The quantitative estimate of drug-likeness (QED) is 0.378. The maximum Gasteiger partial charge on any atom is 0.363 e. The Hall–Kier alpha value is -2.05. The molecule has 0 aliphatic carbocycles. The van der Waals surface area contributed by atoms with Gasteiger partial charge in [-0.25, -0.2) is 0 Å². The summed E-state index contributed by atoms with van der Waals surface area (Å²) in [5.41, 5.74) is 1.81. The van der Waals surface area contributed by atoms with E-state index in [1.807, 2.05) is 36.4 Å². The predicted molar refractivity (Wildman–Crippen MR) is 111 cm³/mol. The van der Waals surface area contributed by atoms with E-state index in [-0.39, 0.29) is 0 Å². The lowest BCUT2D eigenvalue weighted by Gasteiger charge is -2.19. The van der Waals surface area contributed by atoms with Crippen LogP contribution in [-0.4, -0.2) is 47.5 Å². The van der Waals surface area contributed by atoms with E-state index in [4.69, 9.17) is 13.8 Å². The van der Waals surface area contributed by atoms with Crippen molar-refractivity contribution in [2.75, 3.05) is 58.1 Å². The van der Waals surface area contributed by atoms with E-state index in [1.165, 1.54) is 14.2 Å². The summed E-state index contributed by atoms with van der Waals surface area (Å²) < 4.78 is 28.3. The number of hydrogen-bond donors (Lipinski definition) is 3. The number of methoxy groups -OCH3 is 1. The number of rotatable bonds is 12. The van der Waals surface area contributed by atoms with E-state index in [1.54, 1.807) is 19.2 Å². The molecule has 2 aromatic carbocycles. The Kier molecular flexibility index (Phi) is 8.61. The van der Waals surface area contributed by atoms with Crippen molar-refractivity contribution >= 4 is 24.3 Å². The van der Waals surface area contributed by atoms with Crippen molar-refractivity contribution in [3.63, 3.8) is 0 Å². The smallest absolute Gasteiger partial charge is 0.363 e. The van der Waals surface area contributed by atoms with Crippen molar-refractivity contribution in [3.05, 3.63) is 48.5 Å². The van der Waals surface area contributed by atoms with Gasteiger partial charge in [0.1, 0.15) is 5.75 Å². The molecule has 0 fully saturated rings. The zero-order valence-corrected chi connectivity index (χ0v) is 16.9. The number of para-hydroxylation sites is 1. The molecule has 7 nitrogen and oxygen atoms in total. The summed E-state index contributed by atoms with van der Waals surface area (Å²) in [7, 11) is 0.915. The molecule has 0 aliphatic rings. The van der Waals surface area contributed by atoms with Crippen LogP contribution in [0.3, 0.4) is 0 Å². The predicted octanol–water partition coefficient (Wildman–Crippen LogP) is 2.92. The molecular formula is C19H28N3O4P. The minimum Gasteiger partial charge on any atom is -0.497 e. The Morgan fingerprint density at radius 2 is 1.52 bits per heavy atom. The monoisotopic (exact) mass is 393 g/mol. The average molecular weight is 393 g/mol. The molecule has 0 aliphatic heterocycles. The Bertz CT molecular complexity index is 735. The van der Waals surface area contributed by atoms with Crippen LogP contribution in [0.25, 0.3) is 0 Å². The molecule has 0 radical (unpaired) electrons. The van der Waals surface area contributed by atoms with Crippen molar-refractivity contribution in [2.24, 2.45) is 0 Å². The molecule has 0 atom stereocenters. The molecule has 0 heterocycles. The molecule has 3 N–H and O–H groups in total. The van der Waals surface area contributed by atoms with E-state index in [0.717, 1.165) is 25.3 Å². The summed E-state index contributed by atoms with van der Waals surface area (Å²) in [5, 5.41) is 10.4. The third-order valence-electron chi connectivity index (χ3n) is 4.00. The van der Waals surface area contributed by atoms with Gasteiger partial charge in [-0.05, 0) is 30.3 Å². The maximum atomic E-state index is 12.8. The third kappa shape index (κ3) is 6.26. The van der Waals surface area contributed by atoms with E-state index < -0.39 is 7.60 Å². The van der Waals surface area contributed by atoms with Gasteiger partial charge in [0.15, 0.2) is 0 Å². The first-order chi connectivity index (χ1) is 13.1. The number of nitrogens with one attached hydrogen (secondary N) is 3. The Morgan fingerprint density at radius 3 is 2.15 bits per heavy atom. The normalized spacial score (nSPS) is 11.2. The van der Waals surface area contributed by atoms with Crippen LogP contribution < -0.4 is 26.0 Å². The molecule has 0 bridgehead atoms. The van der Waals surface area contributed by atoms with Crippen LogP contribution in [0, 0.1) is 0 Å². The van der Waals surface area contributed by atoms with Crippen LogP contribution in [0.1, 0.15) is 0 Å². The van der Waals surface area contributed by atoms with E-state index >= 15 is 0 Å². The zero-order chi connectivity index (χ0) is 19.5.